The van der Waals surface area contributed by atoms with Crippen LogP contribution in [0.25, 0.3) is 0 Å². The predicted octanol–water partition coefficient (Wildman–Crippen LogP) is 3.20. The van der Waals surface area contributed by atoms with Gasteiger partial charge in [-0.1, -0.05) is 15.9 Å². The number of pyridine rings is 1. The number of ether oxygens (including phenoxy) is 1. The normalized spacial score (nSPS) is 10.3. The van der Waals surface area contributed by atoms with Crippen LogP contribution in [-0.4, -0.2) is 16.1 Å². The minimum Gasteiger partial charge on any atom is -0.478 e. The molecule has 0 unspecified atom stereocenters. The van der Waals surface area contributed by atoms with Gasteiger partial charge in [0.25, 0.3) is 0 Å². The van der Waals surface area contributed by atoms with Crippen molar-refractivity contribution < 1.29 is 23.4 Å². The smallest absolute Gasteiger partial charge is 0.338 e. The average molecular weight is 345 g/mol. The molecule has 0 radical (unpaired) electrons. The number of halogens is 3. The lowest BCUT2D eigenvalue weighted by Gasteiger charge is -2.10. The van der Waals surface area contributed by atoms with Crippen molar-refractivity contribution in [3.63, 3.8) is 0 Å². The second-order valence-corrected chi connectivity index (χ2v) is 4.60. The van der Waals surface area contributed by atoms with Gasteiger partial charge in [-0.25, -0.2) is 14.2 Å². The van der Waals surface area contributed by atoms with Crippen molar-refractivity contribution in [3.05, 3.63) is 46.1 Å². The third-order valence-electron chi connectivity index (χ3n) is 2.35. The third-order valence-corrected chi connectivity index (χ3v) is 2.81. The van der Waals surface area contributed by atoms with Gasteiger partial charge in [-0.15, -0.1) is 0 Å². The molecular formula is C12H7BrF2N2O3. The van der Waals surface area contributed by atoms with E-state index >= 15 is 0 Å². The second-order valence-electron chi connectivity index (χ2n) is 3.68. The molecule has 0 aliphatic rings. The lowest BCUT2D eigenvalue weighted by Crippen LogP contribution is -2.05. The molecule has 0 spiro atoms. The largest absolute Gasteiger partial charge is 0.478 e. The predicted molar refractivity (Wildman–Crippen MR) is 69.7 cm³/mol. The molecule has 2 rings (SSSR count). The molecule has 0 aliphatic carbocycles. The number of nitrogen functional groups attached to an aromatic ring is 1. The van der Waals surface area contributed by atoms with Crippen LogP contribution in [-0.2, 0) is 0 Å². The summed E-state index contributed by atoms with van der Waals surface area (Å²) in [7, 11) is 0. The van der Waals surface area contributed by atoms with Crippen LogP contribution in [0.15, 0.2) is 28.9 Å². The van der Waals surface area contributed by atoms with Crippen molar-refractivity contribution in [1.29, 1.82) is 0 Å². The molecule has 0 atom stereocenters. The molecule has 0 amide bonds. The van der Waals surface area contributed by atoms with Crippen LogP contribution in [0.4, 0.5) is 14.5 Å². The summed E-state index contributed by atoms with van der Waals surface area (Å²) in [6.45, 7) is 0. The van der Waals surface area contributed by atoms with Gasteiger partial charge in [-0.05, 0) is 18.2 Å². The minimum absolute atomic E-state index is 0.245. The highest BCUT2D eigenvalue weighted by Gasteiger charge is 2.17. The van der Waals surface area contributed by atoms with Gasteiger partial charge in [0.1, 0.15) is 5.69 Å². The molecule has 0 saturated carbocycles. The zero-order valence-corrected chi connectivity index (χ0v) is 11.3. The molecule has 2 aromatic rings. The number of anilines is 1. The summed E-state index contributed by atoms with van der Waals surface area (Å²) in [5.74, 6) is -4.41. The fourth-order valence-corrected chi connectivity index (χ4v) is 1.84. The van der Waals surface area contributed by atoms with Crippen LogP contribution in [0.1, 0.15) is 10.4 Å². The van der Waals surface area contributed by atoms with Gasteiger partial charge >= 0.3 is 5.97 Å². The fraction of sp³-hybridized carbons (Fsp3) is 0. The molecule has 3 N–H and O–H groups in total. The summed E-state index contributed by atoms with van der Waals surface area (Å²) in [6.07, 6.45) is 1.14. The number of carboxylic acid groups (broad SMARTS) is 1. The molecule has 8 heteroatoms. The van der Waals surface area contributed by atoms with Gasteiger partial charge in [0.05, 0.1) is 5.56 Å². The summed E-state index contributed by atoms with van der Waals surface area (Å²) in [4.78, 5) is 14.6. The van der Waals surface area contributed by atoms with Gasteiger partial charge in [-0.2, -0.15) is 4.39 Å². The van der Waals surface area contributed by atoms with E-state index in [1.54, 1.807) is 0 Å². The van der Waals surface area contributed by atoms with Gasteiger partial charge in [0, 0.05) is 10.7 Å². The Morgan fingerprint density at radius 1 is 1.40 bits per heavy atom. The number of aromatic carboxylic acids is 1. The molecule has 5 nitrogen and oxygen atoms in total. The van der Waals surface area contributed by atoms with Crippen molar-refractivity contribution in [2.24, 2.45) is 0 Å². The quantitative estimate of drug-likeness (QED) is 0.835. The van der Waals surface area contributed by atoms with Gasteiger partial charge < -0.3 is 15.6 Å². The number of carbonyl (C=O) groups is 1. The van der Waals surface area contributed by atoms with E-state index in [9.17, 15) is 13.6 Å². The highest BCUT2D eigenvalue weighted by Crippen LogP contribution is 2.32. The number of nitrogens with two attached hydrogens (primary N) is 1. The first-order valence-electron chi connectivity index (χ1n) is 5.20. The maximum absolute atomic E-state index is 13.6. The van der Waals surface area contributed by atoms with Crippen molar-refractivity contribution in [2.75, 3.05) is 5.73 Å². The van der Waals surface area contributed by atoms with E-state index < -0.39 is 23.4 Å². The Balaban J connectivity index is 2.46. The molecule has 0 saturated heterocycles. The van der Waals surface area contributed by atoms with Gasteiger partial charge in [0.2, 0.25) is 11.7 Å². The minimum atomic E-state index is -1.28. The van der Waals surface area contributed by atoms with Crippen molar-refractivity contribution >= 4 is 27.6 Å². The number of hydrogen-bond donors (Lipinski definition) is 2. The Morgan fingerprint density at radius 3 is 2.75 bits per heavy atom. The summed E-state index contributed by atoms with van der Waals surface area (Å²) < 4.78 is 32.1. The molecule has 1 aromatic heterocycles. The molecule has 0 aliphatic heterocycles. The second kappa shape index (κ2) is 5.41. The Kier molecular flexibility index (Phi) is 3.84. The molecule has 1 aromatic carbocycles. The summed E-state index contributed by atoms with van der Waals surface area (Å²) >= 11 is 2.98. The summed E-state index contributed by atoms with van der Waals surface area (Å²) in [5, 5.41) is 8.89. The van der Waals surface area contributed by atoms with Crippen LogP contribution in [0.3, 0.4) is 0 Å². The molecule has 0 fully saturated rings. The molecular weight excluding hydrogens is 338 g/mol. The number of benzene rings is 1. The van der Waals surface area contributed by atoms with Crippen LogP contribution in [0.5, 0.6) is 11.6 Å². The van der Waals surface area contributed by atoms with E-state index in [1.165, 1.54) is 12.1 Å². The summed E-state index contributed by atoms with van der Waals surface area (Å²) in [6, 6.07) is 3.27. The SMILES string of the molecule is Nc1c(C(=O)O)ccnc1Oc1cc(Br)cc(F)c1F. The van der Waals surface area contributed by atoms with Crippen LogP contribution >= 0.6 is 15.9 Å². The van der Waals surface area contributed by atoms with E-state index in [0.717, 1.165) is 12.3 Å². The number of rotatable bonds is 3. The van der Waals surface area contributed by atoms with Crippen molar-refractivity contribution in [3.8, 4) is 11.6 Å². The maximum atomic E-state index is 13.6. The number of nitrogens with zero attached hydrogens (tertiary/aromatic N) is 1. The Labute approximate surface area is 120 Å². The molecule has 1 heterocycles. The van der Waals surface area contributed by atoms with Gasteiger partial charge in [0.15, 0.2) is 11.6 Å². The number of hydrogen-bond acceptors (Lipinski definition) is 4. The zero-order chi connectivity index (χ0) is 14.9. The van der Waals surface area contributed by atoms with Crippen LogP contribution in [0.2, 0.25) is 0 Å². The highest BCUT2D eigenvalue weighted by atomic mass is 79.9. The van der Waals surface area contributed by atoms with E-state index in [-0.39, 0.29) is 21.6 Å². The number of aromatic nitrogens is 1. The lowest BCUT2D eigenvalue weighted by atomic mass is 10.2. The molecule has 104 valence electrons. The van der Waals surface area contributed by atoms with Crippen LogP contribution < -0.4 is 10.5 Å². The zero-order valence-electron chi connectivity index (χ0n) is 9.73. The fourth-order valence-electron chi connectivity index (χ4n) is 1.43. The summed E-state index contributed by atoms with van der Waals surface area (Å²) in [5.41, 5.74) is 5.04. The Morgan fingerprint density at radius 2 is 2.10 bits per heavy atom. The third kappa shape index (κ3) is 2.69. The van der Waals surface area contributed by atoms with E-state index in [2.05, 4.69) is 20.9 Å². The van der Waals surface area contributed by atoms with Gasteiger partial charge in [-0.3, -0.25) is 0 Å². The lowest BCUT2D eigenvalue weighted by molar-refractivity contribution is 0.0697. The average Bonchev–Trinajstić information content (AvgIpc) is 2.37. The standard InChI is InChI=1S/C12H7BrF2N2O3/c13-5-3-7(14)9(15)8(4-5)20-11-10(16)6(12(18)19)1-2-17-11/h1-4H,16H2,(H,18,19). The van der Waals surface area contributed by atoms with Crippen LogP contribution in [0, 0.1) is 11.6 Å². The van der Waals surface area contributed by atoms with Crippen molar-refractivity contribution in [2.45, 2.75) is 0 Å². The Bertz CT molecular complexity index is 695. The Hall–Kier alpha value is -2.22. The monoisotopic (exact) mass is 344 g/mol. The first-order valence-corrected chi connectivity index (χ1v) is 5.99. The van der Waals surface area contributed by atoms with Crippen molar-refractivity contribution in [1.82, 2.24) is 4.98 Å². The van der Waals surface area contributed by atoms with E-state index in [0.29, 0.717) is 0 Å². The van der Waals surface area contributed by atoms with E-state index in [1.807, 2.05) is 0 Å². The maximum Gasteiger partial charge on any atom is 0.338 e. The topological polar surface area (TPSA) is 85.4 Å². The number of carboxylic acids is 1. The molecule has 20 heavy (non-hydrogen) atoms. The highest BCUT2D eigenvalue weighted by molar-refractivity contribution is 9.10. The van der Waals surface area contributed by atoms with E-state index in [4.69, 9.17) is 15.6 Å². The first-order chi connectivity index (χ1) is 9.40. The molecule has 0 bridgehead atoms. The first kappa shape index (κ1) is 14.2.